The van der Waals surface area contributed by atoms with Crippen molar-refractivity contribution in [1.82, 2.24) is 14.6 Å². The number of halogens is 1. The molecule has 0 radical (unpaired) electrons. The molecule has 1 fully saturated rings. The highest BCUT2D eigenvalue weighted by Gasteiger charge is 2.27. The van der Waals surface area contributed by atoms with E-state index in [9.17, 15) is 9.50 Å². The zero-order valence-electron chi connectivity index (χ0n) is 13.6. The number of nitrogens with zero attached hydrogens (tertiary/aromatic N) is 4. The van der Waals surface area contributed by atoms with Crippen molar-refractivity contribution in [3.63, 3.8) is 0 Å². The van der Waals surface area contributed by atoms with Gasteiger partial charge in [-0.25, -0.2) is 13.9 Å². The highest BCUT2D eigenvalue weighted by atomic mass is 32.1. The van der Waals surface area contributed by atoms with Crippen LogP contribution in [0.1, 0.15) is 6.42 Å². The number of aromatic nitrogens is 3. The summed E-state index contributed by atoms with van der Waals surface area (Å²) in [6, 6.07) is 4.09. The van der Waals surface area contributed by atoms with Crippen LogP contribution in [-0.4, -0.2) is 52.0 Å². The van der Waals surface area contributed by atoms with Gasteiger partial charge in [0, 0.05) is 30.8 Å². The van der Waals surface area contributed by atoms with Gasteiger partial charge in [-0.1, -0.05) is 11.3 Å². The molecule has 3 N–H and O–H groups in total. The van der Waals surface area contributed by atoms with Gasteiger partial charge in [0.1, 0.15) is 11.6 Å². The van der Waals surface area contributed by atoms with Gasteiger partial charge in [-0.3, -0.25) is 0 Å². The van der Waals surface area contributed by atoms with E-state index in [-0.39, 0.29) is 11.9 Å². The number of aliphatic hydroxyl groups is 1. The van der Waals surface area contributed by atoms with E-state index in [2.05, 4.69) is 15.0 Å². The van der Waals surface area contributed by atoms with Gasteiger partial charge < -0.3 is 20.5 Å². The molecular weight excluding hydrogens is 345 g/mol. The molecule has 4 rings (SSSR count). The Morgan fingerprint density at radius 2 is 2.28 bits per heavy atom. The van der Waals surface area contributed by atoms with Crippen LogP contribution in [-0.2, 0) is 0 Å². The number of piperidine rings is 1. The zero-order valence-corrected chi connectivity index (χ0v) is 14.4. The molecule has 0 unspecified atom stereocenters. The minimum atomic E-state index is -0.473. The van der Waals surface area contributed by atoms with Crippen molar-refractivity contribution >= 4 is 21.4 Å². The molecule has 2 atom stereocenters. The molecule has 1 aliphatic rings. The topological polar surface area (TPSA) is 88.9 Å². The SMILES string of the molecule is COc1cc(F)ccc1-c1cnc2sc(N3CC[C@@H](O)[C@@H](N)C3)nn12. The predicted octanol–water partition coefficient (Wildman–Crippen LogP) is 1.50. The molecule has 0 saturated carbocycles. The Morgan fingerprint density at radius 1 is 1.44 bits per heavy atom. The lowest BCUT2D eigenvalue weighted by Gasteiger charge is -2.33. The van der Waals surface area contributed by atoms with E-state index in [1.54, 1.807) is 16.8 Å². The lowest BCUT2D eigenvalue weighted by molar-refractivity contribution is 0.124. The van der Waals surface area contributed by atoms with Gasteiger partial charge >= 0.3 is 0 Å². The second kappa shape index (κ2) is 6.25. The Balaban J connectivity index is 1.72. The van der Waals surface area contributed by atoms with Gasteiger partial charge in [-0.2, -0.15) is 0 Å². The van der Waals surface area contributed by atoms with E-state index in [1.807, 2.05) is 0 Å². The number of anilines is 1. The minimum absolute atomic E-state index is 0.290. The molecule has 0 spiro atoms. The molecule has 3 aromatic rings. The smallest absolute Gasteiger partial charge is 0.214 e. The minimum Gasteiger partial charge on any atom is -0.496 e. The lowest BCUT2D eigenvalue weighted by atomic mass is 10.0. The normalized spacial score (nSPS) is 21.0. The second-order valence-electron chi connectivity index (χ2n) is 6.03. The average molecular weight is 363 g/mol. The largest absolute Gasteiger partial charge is 0.496 e. The highest BCUT2D eigenvalue weighted by Crippen LogP contribution is 2.34. The molecule has 0 bridgehead atoms. The fraction of sp³-hybridized carbons (Fsp3) is 0.375. The maximum Gasteiger partial charge on any atom is 0.214 e. The van der Waals surface area contributed by atoms with Crippen LogP contribution in [0.25, 0.3) is 16.2 Å². The number of aliphatic hydroxyl groups excluding tert-OH is 1. The van der Waals surface area contributed by atoms with Crippen LogP contribution in [0.2, 0.25) is 0 Å². The number of fused-ring (bicyclic) bond motifs is 1. The van der Waals surface area contributed by atoms with E-state index >= 15 is 0 Å². The molecule has 7 nitrogen and oxygen atoms in total. The molecule has 0 amide bonds. The van der Waals surface area contributed by atoms with E-state index in [1.165, 1.54) is 30.6 Å². The maximum absolute atomic E-state index is 13.5. The summed E-state index contributed by atoms with van der Waals surface area (Å²) in [6.07, 6.45) is 1.84. The molecule has 132 valence electrons. The Morgan fingerprint density at radius 3 is 3.04 bits per heavy atom. The van der Waals surface area contributed by atoms with Crippen molar-refractivity contribution in [2.45, 2.75) is 18.6 Å². The Hall–Kier alpha value is -2.23. The number of benzene rings is 1. The zero-order chi connectivity index (χ0) is 17.6. The van der Waals surface area contributed by atoms with E-state index in [0.29, 0.717) is 25.3 Å². The molecule has 2 aromatic heterocycles. The van der Waals surface area contributed by atoms with Gasteiger partial charge in [-0.15, -0.1) is 5.10 Å². The third-order valence-electron chi connectivity index (χ3n) is 4.41. The van der Waals surface area contributed by atoms with Crippen LogP contribution in [0.5, 0.6) is 5.75 Å². The van der Waals surface area contributed by atoms with Gasteiger partial charge in [0.25, 0.3) is 0 Å². The number of rotatable bonds is 3. The standard InChI is InChI=1S/C16H18FN5O2S/c1-24-14-6-9(17)2-3-10(14)12-7-19-15-22(12)20-16(25-15)21-5-4-13(23)11(18)8-21/h2-3,6-7,11,13,23H,4-5,8,18H2,1H3/t11-,13+/m0/s1. The summed E-state index contributed by atoms with van der Waals surface area (Å²) in [6.45, 7) is 1.24. The summed E-state index contributed by atoms with van der Waals surface area (Å²) in [5, 5.41) is 15.2. The molecule has 9 heteroatoms. The molecule has 25 heavy (non-hydrogen) atoms. The third kappa shape index (κ3) is 2.84. The van der Waals surface area contributed by atoms with Crippen molar-refractivity contribution in [2.75, 3.05) is 25.1 Å². The van der Waals surface area contributed by atoms with Crippen LogP contribution in [0.4, 0.5) is 9.52 Å². The molecule has 1 aromatic carbocycles. The van der Waals surface area contributed by atoms with Crippen LogP contribution >= 0.6 is 11.3 Å². The predicted molar refractivity (Wildman–Crippen MR) is 93.6 cm³/mol. The summed E-state index contributed by atoms with van der Waals surface area (Å²) in [4.78, 5) is 7.20. The first-order valence-corrected chi connectivity index (χ1v) is 8.75. The summed E-state index contributed by atoms with van der Waals surface area (Å²) in [5.74, 6) is 0.0701. The van der Waals surface area contributed by atoms with Crippen molar-refractivity contribution < 1.29 is 14.2 Å². The number of nitrogens with two attached hydrogens (primary N) is 1. The second-order valence-corrected chi connectivity index (χ2v) is 6.97. The number of ether oxygens (including phenoxy) is 1. The van der Waals surface area contributed by atoms with Gasteiger partial charge in [0.05, 0.1) is 25.1 Å². The number of hydrogen-bond acceptors (Lipinski definition) is 7. The summed E-state index contributed by atoms with van der Waals surface area (Å²) >= 11 is 1.45. The van der Waals surface area contributed by atoms with Crippen LogP contribution in [0.15, 0.2) is 24.4 Å². The average Bonchev–Trinajstić information content (AvgIpc) is 3.18. The quantitative estimate of drug-likeness (QED) is 0.733. The summed E-state index contributed by atoms with van der Waals surface area (Å²) in [7, 11) is 1.50. The van der Waals surface area contributed by atoms with Gasteiger partial charge in [0.2, 0.25) is 10.1 Å². The molecule has 3 heterocycles. The summed E-state index contributed by atoms with van der Waals surface area (Å²) < 4.78 is 20.5. The van der Waals surface area contributed by atoms with Crippen LogP contribution in [0.3, 0.4) is 0 Å². The highest BCUT2D eigenvalue weighted by molar-refractivity contribution is 7.20. The van der Waals surface area contributed by atoms with Crippen molar-refractivity contribution in [2.24, 2.45) is 5.73 Å². The van der Waals surface area contributed by atoms with Gasteiger partial charge in [0.15, 0.2) is 0 Å². The van der Waals surface area contributed by atoms with Crippen LogP contribution < -0.4 is 15.4 Å². The number of imidazole rings is 1. The van der Waals surface area contributed by atoms with E-state index in [4.69, 9.17) is 10.5 Å². The summed E-state index contributed by atoms with van der Waals surface area (Å²) in [5.41, 5.74) is 7.41. The first kappa shape index (κ1) is 16.2. The Kier molecular flexibility index (Phi) is 4.06. The molecular formula is C16H18FN5O2S. The molecule has 1 aliphatic heterocycles. The lowest BCUT2D eigenvalue weighted by Crippen LogP contribution is -2.51. The molecule has 0 aliphatic carbocycles. The molecule has 1 saturated heterocycles. The Labute approximate surface area is 147 Å². The number of hydrogen-bond donors (Lipinski definition) is 2. The first-order valence-electron chi connectivity index (χ1n) is 7.94. The van der Waals surface area contributed by atoms with Crippen LogP contribution in [0, 0.1) is 5.82 Å². The van der Waals surface area contributed by atoms with Crippen molar-refractivity contribution in [3.8, 4) is 17.0 Å². The Bertz CT molecular complexity index is 911. The fourth-order valence-electron chi connectivity index (χ4n) is 3.01. The first-order chi connectivity index (χ1) is 12.1. The van der Waals surface area contributed by atoms with Gasteiger partial charge in [-0.05, 0) is 18.6 Å². The number of methoxy groups -OCH3 is 1. The fourth-order valence-corrected chi connectivity index (χ4v) is 3.93. The van der Waals surface area contributed by atoms with E-state index < -0.39 is 6.10 Å². The van der Waals surface area contributed by atoms with E-state index in [0.717, 1.165) is 21.3 Å². The monoisotopic (exact) mass is 363 g/mol. The van der Waals surface area contributed by atoms with Crippen molar-refractivity contribution in [3.05, 3.63) is 30.2 Å². The third-order valence-corrected chi connectivity index (χ3v) is 5.39. The van der Waals surface area contributed by atoms with Crippen molar-refractivity contribution in [1.29, 1.82) is 0 Å². The maximum atomic E-state index is 13.5.